The van der Waals surface area contributed by atoms with E-state index in [0.717, 1.165) is 70.7 Å². The van der Waals surface area contributed by atoms with Gasteiger partial charge in [0, 0.05) is 55.1 Å². The summed E-state index contributed by atoms with van der Waals surface area (Å²) in [7, 11) is 0. The molecule has 2 amide bonds. The van der Waals surface area contributed by atoms with Crippen molar-refractivity contribution in [3.05, 3.63) is 53.2 Å². The molecule has 2 aliphatic heterocycles. The number of carboxylic acids is 1. The molecular weight excluding hydrogens is 520 g/mol. The number of hydrogen-bond donors (Lipinski definition) is 5. The minimum atomic E-state index is -1.23. The highest BCUT2D eigenvalue weighted by molar-refractivity contribution is 7.96. The Balaban J connectivity index is 1.12. The summed E-state index contributed by atoms with van der Waals surface area (Å²) in [5, 5.41) is 29.9. The van der Waals surface area contributed by atoms with Crippen molar-refractivity contribution in [2.45, 2.75) is 56.4 Å². The first kappa shape index (κ1) is 28.8. The number of nitrogens with one attached hydrogen (secondary N) is 3. The van der Waals surface area contributed by atoms with Crippen molar-refractivity contribution in [3.8, 4) is 0 Å². The zero-order valence-corrected chi connectivity index (χ0v) is 22.9. The fourth-order valence-corrected chi connectivity index (χ4v) is 5.24. The topological polar surface area (TPSA) is 147 Å². The van der Waals surface area contributed by atoms with Crippen molar-refractivity contribution in [1.82, 2.24) is 25.2 Å². The number of aliphatic carboxylic acids is 1. The first-order valence-corrected chi connectivity index (χ1v) is 14.1. The van der Waals surface area contributed by atoms with Crippen LogP contribution in [0.1, 0.15) is 42.5 Å². The van der Waals surface area contributed by atoms with Gasteiger partial charge in [0.15, 0.2) is 0 Å². The largest absolute Gasteiger partial charge is 0.480 e. The maximum absolute atomic E-state index is 12.6. The van der Waals surface area contributed by atoms with Crippen LogP contribution in [0, 0.1) is 12.8 Å². The lowest BCUT2D eigenvalue weighted by Crippen LogP contribution is -2.60. The van der Waals surface area contributed by atoms with Crippen molar-refractivity contribution >= 4 is 35.5 Å². The molecule has 2 aromatic rings. The maximum Gasteiger partial charge on any atom is 0.328 e. The van der Waals surface area contributed by atoms with Gasteiger partial charge in [-0.25, -0.2) is 14.8 Å². The van der Waals surface area contributed by atoms with Gasteiger partial charge in [-0.2, -0.15) is 0 Å². The van der Waals surface area contributed by atoms with E-state index in [9.17, 15) is 24.7 Å². The summed E-state index contributed by atoms with van der Waals surface area (Å²) in [4.78, 5) is 42.1. The number of anilines is 1. The molecule has 0 spiro atoms. The Labute approximate surface area is 232 Å². The molecule has 1 unspecified atom stereocenters. The highest BCUT2D eigenvalue weighted by atomic mass is 32.2. The van der Waals surface area contributed by atoms with Crippen molar-refractivity contribution in [1.29, 1.82) is 0 Å². The average Bonchev–Trinajstić information content (AvgIpc) is 2.89. The van der Waals surface area contributed by atoms with Gasteiger partial charge in [-0.1, -0.05) is 28.8 Å². The van der Waals surface area contributed by atoms with Crippen molar-refractivity contribution < 1.29 is 24.7 Å². The van der Waals surface area contributed by atoms with Crippen LogP contribution in [0.3, 0.4) is 0 Å². The average molecular weight is 557 g/mol. The number of amides is 2. The zero-order valence-electron chi connectivity index (χ0n) is 22.1. The predicted molar refractivity (Wildman–Crippen MR) is 147 cm³/mol. The van der Waals surface area contributed by atoms with Gasteiger partial charge in [0.25, 0.3) is 0 Å². The molecule has 4 rings (SSSR count). The Bertz CT molecular complexity index is 1180. The van der Waals surface area contributed by atoms with Gasteiger partial charge in [0.2, 0.25) is 11.8 Å². The van der Waals surface area contributed by atoms with Gasteiger partial charge >= 0.3 is 5.97 Å². The predicted octanol–water partition coefficient (Wildman–Crippen LogP) is 2.39. The molecule has 1 atom stereocenters. The van der Waals surface area contributed by atoms with Crippen LogP contribution in [0.5, 0.6) is 0 Å². The fraction of sp³-hybridized carbons (Fsp3) is 0.481. The van der Waals surface area contributed by atoms with Gasteiger partial charge in [0.05, 0.1) is 5.92 Å². The molecule has 1 fully saturated rings. The summed E-state index contributed by atoms with van der Waals surface area (Å²) >= 11 is 1.15. The molecule has 2 aliphatic rings. The molecule has 0 saturated carbocycles. The molecule has 1 aromatic heterocycles. The second kappa shape index (κ2) is 13.7. The van der Waals surface area contributed by atoms with Crippen LogP contribution in [0.25, 0.3) is 0 Å². The van der Waals surface area contributed by atoms with E-state index >= 15 is 0 Å². The molecule has 1 saturated heterocycles. The standard InChI is InChI=1S/C27H36N6O5S/c1-18-7-2-4-10-23(18)39-33(38)32-16-20(17-32)26(35)31-22(27(36)37)15-29-24(34)11-5-3-9-21-13-12-19-8-6-14-28-25(19)30-21/h2,4,7,10,12-13,20,22,38H,3,5-6,8-9,11,14-17H2,1H3,(H,28,30)(H,29,34)(H,31,35)(H,36,37). The Morgan fingerprint density at radius 3 is 2.77 bits per heavy atom. The molecule has 11 nitrogen and oxygen atoms in total. The van der Waals surface area contributed by atoms with Crippen LogP contribution in [0.2, 0.25) is 0 Å². The molecule has 1 aromatic carbocycles. The van der Waals surface area contributed by atoms with Gasteiger partial charge < -0.3 is 21.1 Å². The van der Waals surface area contributed by atoms with E-state index in [0.29, 0.717) is 6.42 Å². The molecule has 0 aliphatic carbocycles. The quantitative estimate of drug-likeness (QED) is 0.142. The number of aryl methyl sites for hydroxylation is 3. The SMILES string of the molecule is Cc1ccccc1SN(O)N1CC(C(=O)NC(CNC(=O)CCCCc2ccc3c(n2)NCCC3)C(=O)O)C1. The zero-order chi connectivity index (χ0) is 27.8. The monoisotopic (exact) mass is 556 g/mol. The summed E-state index contributed by atoms with van der Waals surface area (Å²) in [6.45, 7) is 3.21. The van der Waals surface area contributed by atoms with E-state index < -0.39 is 23.8 Å². The third kappa shape index (κ3) is 8.15. The number of pyridine rings is 1. The summed E-state index contributed by atoms with van der Waals surface area (Å²) in [6, 6.07) is 10.6. The smallest absolute Gasteiger partial charge is 0.328 e. The lowest BCUT2D eigenvalue weighted by molar-refractivity contribution is -0.204. The first-order valence-electron chi connectivity index (χ1n) is 13.3. The summed E-state index contributed by atoms with van der Waals surface area (Å²) in [5.41, 5.74) is 3.25. The van der Waals surface area contributed by atoms with E-state index in [1.165, 1.54) is 5.56 Å². The number of nitrogens with zero attached hydrogens (tertiary/aromatic N) is 3. The molecule has 12 heteroatoms. The van der Waals surface area contributed by atoms with Gasteiger partial charge in [-0.15, -0.1) is 0 Å². The van der Waals surface area contributed by atoms with Gasteiger partial charge in [-0.3, -0.25) is 14.8 Å². The number of carbonyl (C=O) groups is 3. The number of hydrazine groups is 1. The Hall–Kier alpha value is -3.19. The minimum Gasteiger partial charge on any atom is -0.480 e. The number of carbonyl (C=O) groups excluding carboxylic acids is 2. The normalized spacial score (nSPS) is 16.1. The third-order valence-electron chi connectivity index (χ3n) is 6.91. The summed E-state index contributed by atoms with van der Waals surface area (Å²) in [6.07, 6.45) is 4.64. The molecule has 0 bridgehead atoms. The van der Waals surface area contributed by atoms with E-state index in [4.69, 9.17) is 0 Å². The number of unbranched alkanes of at least 4 members (excludes halogenated alkanes) is 1. The highest BCUT2D eigenvalue weighted by Crippen LogP contribution is 2.29. The number of hydrogen-bond acceptors (Lipinski definition) is 9. The number of aromatic nitrogens is 1. The summed E-state index contributed by atoms with van der Waals surface area (Å²) in [5.74, 6) is -1.39. The number of rotatable bonds is 13. The second-order valence-electron chi connectivity index (χ2n) is 9.93. The number of carboxylic acid groups (broad SMARTS) is 1. The van der Waals surface area contributed by atoms with E-state index in [1.54, 1.807) is 5.01 Å². The molecule has 3 heterocycles. The van der Waals surface area contributed by atoms with Gasteiger partial charge in [0.1, 0.15) is 11.9 Å². The van der Waals surface area contributed by atoms with Crippen LogP contribution in [-0.2, 0) is 27.2 Å². The van der Waals surface area contributed by atoms with E-state index in [-0.39, 0.29) is 32.0 Å². The Morgan fingerprint density at radius 1 is 1.21 bits per heavy atom. The van der Waals surface area contributed by atoms with Crippen molar-refractivity contribution in [2.24, 2.45) is 5.92 Å². The number of benzene rings is 1. The third-order valence-corrected chi connectivity index (χ3v) is 7.95. The number of fused-ring (bicyclic) bond motifs is 1. The van der Waals surface area contributed by atoms with Gasteiger partial charge in [-0.05, 0) is 62.3 Å². The lowest BCUT2D eigenvalue weighted by Gasteiger charge is -2.41. The van der Waals surface area contributed by atoms with Crippen molar-refractivity contribution in [2.75, 3.05) is 31.5 Å². The van der Waals surface area contributed by atoms with Crippen LogP contribution in [0.15, 0.2) is 41.3 Å². The van der Waals surface area contributed by atoms with E-state index in [1.807, 2.05) is 37.3 Å². The second-order valence-corrected chi connectivity index (χ2v) is 10.9. The van der Waals surface area contributed by atoms with Crippen molar-refractivity contribution in [3.63, 3.8) is 0 Å². The van der Waals surface area contributed by atoms with Crippen LogP contribution in [-0.4, -0.2) is 74.9 Å². The maximum atomic E-state index is 12.6. The Morgan fingerprint density at radius 2 is 2.00 bits per heavy atom. The van der Waals surface area contributed by atoms with Crippen LogP contribution < -0.4 is 16.0 Å². The lowest BCUT2D eigenvalue weighted by atomic mass is 10.0. The first-order chi connectivity index (χ1) is 18.8. The highest BCUT2D eigenvalue weighted by Gasteiger charge is 2.38. The molecule has 5 N–H and O–H groups in total. The Kier molecular flexibility index (Phi) is 10.2. The molecular formula is C27H36N6O5S. The molecule has 39 heavy (non-hydrogen) atoms. The van der Waals surface area contributed by atoms with Crippen LogP contribution >= 0.6 is 11.9 Å². The molecule has 0 radical (unpaired) electrons. The molecule has 210 valence electrons. The minimum absolute atomic E-state index is 0.191. The van der Waals surface area contributed by atoms with E-state index in [2.05, 4.69) is 27.0 Å². The fourth-order valence-electron chi connectivity index (χ4n) is 4.46. The van der Waals surface area contributed by atoms with Crippen LogP contribution in [0.4, 0.5) is 5.82 Å². The summed E-state index contributed by atoms with van der Waals surface area (Å²) < 4.78 is 1.000.